The standard InChI is InChI=1S/C12H18O3/c13-10-6-2-1-4-8(10)9-5-3-7-11(14)12(9)15/h3,5,7-8,10-15H,1-2,4,6H2/t8-,10+,11-,12+/m0/s1. The molecular weight excluding hydrogens is 192 g/mol. The average Bonchev–Trinajstić information content (AvgIpc) is 2.23. The van der Waals surface area contributed by atoms with Gasteiger partial charge in [-0.2, -0.15) is 0 Å². The van der Waals surface area contributed by atoms with E-state index in [1.807, 2.05) is 6.08 Å². The minimum Gasteiger partial charge on any atom is -0.393 e. The molecule has 2 aliphatic carbocycles. The summed E-state index contributed by atoms with van der Waals surface area (Å²) >= 11 is 0. The summed E-state index contributed by atoms with van der Waals surface area (Å²) in [5.41, 5.74) is 0.789. The monoisotopic (exact) mass is 210 g/mol. The number of aliphatic hydroxyl groups is 3. The van der Waals surface area contributed by atoms with Crippen LogP contribution in [0.3, 0.4) is 0 Å². The van der Waals surface area contributed by atoms with Crippen molar-refractivity contribution in [1.82, 2.24) is 0 Å². The van der Waals surface area contributed by atoms with Crippen molar-refractivity contribution in [2.24, 2.45) is 5.92 Å². The van der Waals surface area contributed by atoms with Crippen molar-refractivity contribution in [1.29, 1.82) is 0 Å². The zero-order valence-corrected chi connectivity index (χ0v) is 8.71. The van der Waals surface area contributed by atoms with E-state index in [9.17, 15) is 15.3 Å². The highest BCUT2D eigenvalue weighted by Gasteiger charge is 2.32. The van der Waals surface area contributed by atoms with Crippen LogP contribution in [-0.4, -0.2) is 33.6 Å². The first-order valence-corrected chi connectivity index (χ1v) is 5.62. The maximum absolute atomic E-state index is 9.87. The molecule has 4 atom stereocenters. The van der Waals surface area contributed by atoms with Crippen LogP contribution in [0.15, 0.2) is 23.8 Å². The molecule has 0 aliphatic heterocycles. The highest BCUT2D eigenvalue weighted by molar-refractivity contribution is 5.28. The molecule has 0 unspecified atom stereocenters. The van der Waals surface area contributed by atoms with Crippen molar-refractivity contribution in [2.45, 2.75) is 44.0 Å². The lowest BCUT2D eigenvalue weighted by Crippen LogP contribution is -2.36. The number of hydrogen-bond acceptors (Lipinski definition) is 3. The van der Waals surface area contributed by atoms with Crippen LogP contribution in [0.25, 0.3) is 0 Å². The number of allylic oxidation sites excluding steroid dienone is 2. The van der Waals surface area contributed by atoms with E-state index in [2.05, 4.69) is 0 Å². The summed E-state index contributed by atoms with van der Waals surface area (Å²) in [4.78, 5) is 0. The molecule has 0 heterocycles. The van der Waals surface area contributed by atoms with Gasteiger partial charge in [0.2, 0.25) is 0 Å². The normalized spacial score (nSPS) is 41.4. The van der Waals surface area contributed by atoms with Crippen molar-refractivity contribution < 1.29 is 15.3 Å². The Bertz CT molecular complexity index is 283. The van der Waals surface area contributed by atoms with Crippen LogP contribution in [0.5, 0.6) is 0 Å². The van der Waals surface area contributed by atoms with Gasteiger partial charge in [-0.25, -0.2) is 0 Å². The lowest BCUT2D eigenvalue weighted by molar-refractivity contribution is 0.0349. The molecule has 1 fully saturated rings. The molecule has 0 saturated heterocycles. The predicted octanol–water partition coefficient (Wildman–Crippen LogP) is 0.755. The molecule has 15 heavy (non-hydrogen) atoms. The Morgan fingerprint density at radius 2 is 1.80 bits per heavy atom. The molecule has 0 aromatic rings. The van der Waals surface area contributed by atoms with Crippen molar-refractivity contribution in [3.8, 4) is 0 Å². The SMILES string of the molecule is O[C@@H]1CCCC[C@H]1C1=CC=C[C@H](O)[C@@H]1O. The van der Waals surface area contributed by atoms with Gasteiger partial charge in [-0.15, -0.1) is 0 Å². The van der Waals surface area contributed by atoms with Crippen molar-refractivity contribution in [3.05, 3.63) is 23.8 Å². The Hall–Kier alpha value is -0.640. The van der Waals surface area contributed by atoms with Crippen LogP contribution in [0.2, 0.25) is 0 Å². The van der Waals surface area contributed by atoms with E-state index in [1.165, 1.54) is 0 Å². The van der Waals surface area contributed by atoms with Gasteiger partial charge in [0.1, 0.15) is 12.2 Å². The molecule has 3 N–H and O–H groups in total. The van der Waals surface area contributed by atoms with Crippen LogP contribution < -0.4 is 0 Å². The van der Waals surface area contributed by atoms with Gasteiger partial charge in [0.05, 0.1) is 6.10 Å². The minimum atomic E-state index is -0.840. The molecule has 0 amide bonds. The second-order valence-corrected chi connectivity index (χ2v) is 4.45. The first-order chi connectivity index (χ1) is 7.20. The molecule has 0 bridgehead atoms. The summed E-state index contributed by atoms with van der Waals surface area (Å²) in [6.07, 6.45) is 6.99. The third-order valence-corrected chi connectivity index (χ3v) is 3.42. The Balaban J connectivity index is 2.14. The maximum atomic E-state index is 9.87. The first kappa shape index (κ1) is 10.9. The zero-order chi connectivity index (χ0) is 10.8. The van der Waals surface area contributed by atoms with Crippen LogP contribution in [0.1, 0.15) is 25.7 Å². The van der Waals surface area contributed by atoms with Gasteiger partial charge in [-0.1, -0.05) is 31.1 Å². The lowest BCUT2D eigenvalue weighted by Gasteiger charge is -2.34. The highest BCUT2D eigenvalue weighted by atomic mass is 16.3. The molecule has 3 nitrogen and oxygen atoms in total. The van der Waals surface area contributed by atoms with Gasteiger partial charge in [0.25, 0.3) is 0 Å². The zero-order valence-electron chi connectivity index (χ0n) is 8.71. The molecule has 0 radical (unpaired) electrons. The number of rotatable bonds is 1. The van der Waals surface area contributed by atoms with Crippen molar-refractivity contribution in [2.75, 3.05) is 0 Å². The van der Waals surface area contributed by atoms with E-state index in [1.54, 1.807) is 12.2 Å². The predicted molar refractivity (Wildman–Crippen MR) is 57.2 cm³/mol. The highest BCUT2D eigenvalue weighted by Crippen LogP contribution is 2.33. The molecule has 0 spiro atoms. The van der Waals surface area contributed by atoms with Gasteiger partial charge >= 0.3 is 0 Å². The van der Waals surface area contributed by atoms with E-state index < -0.39 is 12.2 Å². The quantitative estimate of drug-likeness (QED) is 0.598. The summed E-state index contributed by atoms with van der Waals surface area (Å²) in [5.74, 6) is 0.0216. The van der Waals surface area contributed by atoms with Gasteiger partial charge in [0.15, 0.2) is 0 Å². The number of aliphatic hydroxyl groups excluding tert-OH is 3. The largest absolute Gasteiger partial charge is 0.393 e. The van der Waals surface area contributed by atoms with E-state index >= 15 is 0 Å². The van der Waals surface area contributed by atoms with Crippen LogP contribution in [-0.2, 0) is 0 Å². The second kappa shape index (κ2) is 4.47. The Kier molecular flexibility index (Phi) is 3.24. The first-order valence-electron chi connectivity index (χ1n) is 5.62. The third-order valence-electron chi connectivity index (χ3n) is 3.42. The Labute approximate surface area is 89.7 Å². The Morgan fingerprint density at radius 1 is 1.07 bits per heavy atom. The summed E-state index contributed by atoms with van der Waals surface area (Å²) in [7, 11) is 0. The lowest BCUT2D eigenvalue weighted by atomic mass is 9.77. The van der Waals surface area contributed by atoms with Crippen LogP contribution >= 0.6 is 0 Å². The van der Waals surface area contributed by atoms with E-state index in [-0.39, 0.29) is 12.0 Å². The molecule has 0 aromatic carbocycles. The van der Waals surface area contributed by atoms with Crippen molar-refractivity contribution in [3.63, 3.8) is 0 Å². The van der Waals surface area contributed by atoms with Crippen LogP contribution in [0.4, 0.5) is 0 Å². The van der Waals surface area contributed by atoms with E-state index in [0.29, 0.717) is 0 Å². The van der Waals surface area contributed by atoms with E-state index in [4.69, 9.17) is 0 Å². The fourth-order valence-corrected chi connectivity index (χ4v) is 2.52. The smallest absolute Gasteiger partial charge is 0.105 e. The summed E-state index contributed by atoms with van der Waals surface area (Å²) in [6.45, 7) is 0. The molecule has 1 saturated carbocycles. The Morgan fingerprint density at radius 3 is 2.53 bits per heavy atom. The fraction of sp³-hybridized carbons (Fsp3) is 0.667. The van der Waals surface area contributed by atoms with Gasteiger partial charge in [-0.05, 0) is 18.4 Å². The van der Waals surface area contributed by atoms with Gasteiger partial charge in [-0.3, -0.25) is 0 Å². The second-order valence-electron chi connectivity index (χ2n) is 4.45. The number of hydrogen-bond donors (Lipinski definition) is 3. The molecule has 84 valence electrons. The molecular formula is C12H18O3. The fourth-order valence-electron chi connectivity index (χ4n) is 2.52. The summed E-state index contributed by atoms with van der Waals surface area (Å²) in [5, 5.41) is 29.2. The topological polar surface area (TPSA) is 60.7 Å². The average molecular weight is 210 g/mol. The minimum absolute atomic E-state index is 0.0216. The van der Waals surface area contributed by atoms with Gasteiger partial charge < -0.3 is 15.3 Å². The molecule has 0 aromatic heterocycles. The maximum Gasteiger partial charge on any atom is 0.105 e. The summed E-state index contributed by atoms with van der Waals surface area (Å²) in [6, 6.07) is 0. The molecule has 3 heteroatoms. The molecule has 2 rings (SSSR count). The van der Waals surface area contributed by atoms with E-state index in [0.717, 1.165) is 31.3 Å². The molecule has 2 aliphatic rings. The summed E-state index contributed by atoms with van der Waals surface area (Å²) < 4.78 is 0. The van der Waals surface area contributed by atoms with Crippen molar-refractivity contribution >= 4 is 0 Å². The van der Waals surface area contributed by atoms with Gasteiger partial charge in [0, 0.05) is 5.92 Å². The van der Waals surface area contributed by atoms with Crippen LogP contribution in [0, 0.1) is 5.92 Å². The third kappa shape index (κ3) is 2.14.